The minimum atomic E-state index is -0.820. The smallest absolute Gasteiger partial charge is 0.310 e. The average Bonchev–Trinajstić information content (AvgIpc) is 2.94. The van der Waals surface area contributed by atoms with Gasteiger partial charge in [-0.2, -0.15) is 0 Å². The van der Waals surface area contributed by atoms with Gasteiger partial charge in [-0.3, -0.25) is 4.79 Å². The van der Waals surface area contributed by atoms with Gasteiger partial charge in [0.25, 0.3) is 0 Å². The monoisotopic (exact) mass is 366 g/mol. The molecule has 2 aromatic rings. The fraction of sp³-hybridized carbons (Fsp3) is 0.227. The maximum atomic E-state index is 11.7. The average molecular weight is 366 g/mol. The highest BCUT2D eigenvalue weighted by Crippen LogP contribution is 2.50. The molecule has 1 aliphatic carbocycles. The SMILES string of the molecule is COc1ccc2c(c1)C(C(C)C(=O)O)=C(C)C2=C(SC)c1ccccc1. The molecule has 2 aromatic carbocycles. The molecule has 0 amide bonds. The van der Waals surface area contributed by atoms with Crippen LogP contribution in [0.5, 0.6) is 5.75 Å². The second kappa shape index (κ2) is 7.42. The quantitative estimate of drug-likeness (QED) is 0.766. The topological polar surface area (TPSA) is 46.5 Å². The first kappa shape index (κ1) is 18.3. The number of carboxylic acids is 1. The van der Waals surface area contributed by atoms with Gasteiger partial charge in [0, 0.05) is 4.91 Å². The van der Waals surface area contributed by atoms with Crippen LogP contribution < -0.4 is 4.74 Å². The first-order valence-electron chi connectivity index (χ1n) is 8.46. The Bertz CT molecular complexity index is 910. The first-order chi connectivity index (χ1) is 12.5. The molecule has 0 aliphatic heterocycles. The van der Waals surface area contributed by atoms with E-state index in [4.69, 9.17) is 4.74 Å². The zero-order valence-corrected chi connectivity index (χ0v) is 16.2. The molecule has 0 saturated carbocycles. The summed E-state index contributed by atoms with van der Waals surface area (Å²) in [6, 6.07) is 16.1. The molecule has 1 atom stereocenters. The number of hydrogen-bond acceptors (Lipinski definition) is 3. The summed E-state index contributed by atoms with van der Waals surface area (Å²) in [4.78, 5) is 12.9. The number of allylic oxidation sites excluding steroid dienone is 2. The third-order valence-electron chi connectivity index (χ3n) is 4.84. The number of carbonyl (C=O) groups is 1. The largest absolute Gasteiger partial charge is 0.497 e. The summed E-state index contributed by atoms with van der Waals surface area (Å²) in [7, 11) is 1.63. The fourth-order valence-electron chi connectivity index (χ4n) is 3.56. The van der Waals surface area contributed by atoms with Gasteiger partial charge in [-0.1, -0.05) is 36.4 Å². The van der Waals surface area contributed by atoms with E-state index in [1.165, 1.54) is 0 Å². The highest BCUT2D eigenvalue weighted by molar-refractivity contribution is 8.08. The standard InChI is InChI=1S/C22H22O3S/c1-13-19(14(2)22(23)24)18-12-16(25-3)10-11-17(18)20(13)21(26-4)15-8-6-5-7-9-15/h5-12,14H,1-4H3,(H,23,24). The lowest BCUT2D eigenvalue weighted by Crippen LogP contribution is -2.11. The number of ether oxygens (including phenoxy) is 1. The van der Waals surface area contributed by atoms with Gasteiger partial charge in [-0.05, 0) is 65.6 Å². The summed E-state index contributed by atoms with van der Waals surface area (Å²) in [5.41, 5.74) is 6.17. The molecule has 0 spiro atoms. The Morgan fingerprint density at radius 3 is 2.38 bits per heavy atom. The molecule has 0 saturated heterocycles. The van der Waals surface area contributed by atoms with Crippen LogP contribution in [0.1, 0.15) is 30.5 Å². The van der Waals surface area contributed by atoms with E-state index in [2.05, 4.69) is 18.4 Å². The van der Waals surface area contributed by atoms with Crippen molar-refractivity contribution in [1.29, 1.82) is 0 Å². The summed E-state index contributed by atoms with van der Waals surface area (Å²) < 4.78 is 5.38. The number of methoxy groups -OCH3 is 1. The Balaban J connectivity index is 2.33. The minimum Gasteiger partial charge on any atom is -0.497 e. The van der Waals surface area contributed by atoms with Gasteiger partial charge in [0.05, 0.1) is 13.0 Å². The van der Waals surface area contributed by atoms with Crippen LogP contribution in [0.25, 0.3) is 16.1 Å². The van der Waals surface area contributed by atoms with E-state index >= 15 is 0 Å². The second-order valence-electron chi connectivity index (χ2n) is 6.28. The molecule has 134 valence electrons. The van der Waals surface area contributed by atoms with E-state index in [-0.39, 0.29) is 0 Å². The summed E-state index contributed by atoms with van der Waals surface area (Å²) in [5, 5.41) is 9.62. The van der Waals surface area contributed by atoms with Crippen LogP contribution in [0.3, 0.4) is 0 Å². The number of benzene rings is 2. The van der Waals surface area contributed by atoms with Gasteiger partial charge in [0.2, 0.25) is 0 Å². The van der Waals surface area contributed by atoms with Crippen LogP contribution in [-0.4, -0.2) is 24.4 Å². The van der Waals surface area contributed by atoms with Crippen molar-refractivity contribution in [1.82, 2.24) is 0 Å². The van der Waals surface area contributed by atoms with Crippen molar-refractivity contribution >= 4 is 33.8 Å². The molecular formula is C22H22O3S. The summed E-state index contributed by atoms with van der Waals surface area (Å²) in [6.07, 6.45) is 2.06. The van der Waals surface area contributed by atoms with Crippen molar-refractivity contribution in [2.45, 2.75) is 13.8 Å². The van der Waals surface area contributed by atoms with Gasteiger partial charge in [0.1, 0.15) is 5.75 Å². The zero-order valence-electron chi connectivity index (χ0n) is 15.4. The summed E-state index contributed by atoms with van der Waals surface area (Å²) in [5.74, 6) is -0.671. The summed E-state index contributed by atoms with van der Waals surface area (Å²) in [6.45, 7) is 3.77. The number of carboxylic acid groups (broad SMARTS) is 1. The number of aliphatic carboxylic acids is 1. The Hall–Kier alpha value is -2.46. The molecule has 1 aliphatic rings. The van der Waals surface area contributed by atoms with Crippen LogP contribution in [0.2, 0.25) is 0 Å². The number of hydrogen-bond donors (Lipinski definition) is 1. The second-order valence-corrected chi connectivity index (χ2v) is 7.10. The van der Waals surface area contributed by atoms with E-state index in [9.17, 15) is 9.90 Å². The lowest BCUT2D eigenvalue weighted by Gasteiger charge is -2.13. The molecule has 26 heavy (non-hydrogen) atoms. The number of thioether (sulfide) groups is 1. The summed E-state index contributed by atoms with van der Waals surface area (Å²) >= 11 is 1.69. The number of rotatable bonds is 5. The molecule has 3 rings (SSSR count). The van der Waals surface area contributed by atoms with Crippen molar-refractivity contribution < 1.29 is 14.6 Å². The molecule has 1 unspecified atom stereocenters. The molecule has 0 aromatic heterocycles. The molecule has 0 radical (unpaired) electrons. The Labute approximate surface area is 158 Å². The predicted octanol–water partition coefficient (Wildman–Crippen LogP) is 5.43. The first-order valence-corrected chi connectivity index (χ1v) is 9.68. The number of fused-ring (bicyclic) bond motifs is 1. The highest BCUT2D eigenvalue weighted by Gasteiger charge is 2.32. The highest BCUT2D eigenvalue weighted by atomic mass is 32.2. The molecule has 4 heteroatoms. The third kappa shape index (κ3) is 3.06. The molecule has 0 bridgehead atoms. The van der Waals surface area contributed by atoms with Crippen molar-refractivity contribution in [3.8, 4) is 5.75 Å². The van der Waals surface area contributed by atoms with E-state index in [1.54, 1.807) is 25.8 Å². The Kier molecular flexibility index (Phi) is 5.23. The molecule has 1 N–H and O–H groups in total. The predicted molar refractivity (Wildman–Crippen MR) is 109 cm³/mol. The van der Waals surface area contributed by atoms with Gasteiger partial charge >= 0.3 is 5.97 Å². The molecular weight excluding hydrogens is 344 g/mol. The van der Waals surface area contributed by atoms with E-state index in [0.717, 1.165) is 44.1 Å². The van der Waals surface area contributed by atoms with E-state index in [1.807, 2.05) is 43.3 Å². The van der Waals surface area contributed by atoms with E-state index in [0.29, 0.717) is 0 Å². The van der Waals surface area contributed by atoms with Crippen LogP contribution in [0.4, 0.5) is 0 Å². The maximum absolute atomic E-state index is 11.7. The van der Waals surface area contributed by atoms with Crippen molar-refractivity contribution in [2.75, 3.05) is 13.4 Å². The van der Waals surface area contributed by atoms with Gasteiger partial charge < -0.3 is 9.84 Å². The van der Waals surface area contributed by atoms with Crippen molar-refractivity contribution in [3.05, 3.63) is 70.8 Å². The van der Waals surface area contributed by atoms with Crippen LogP contribution in [0.15, 0.2) is 54.1 Å². The van der Waals surface area contributed by atoms with Crippen LogP contribution in [-0.2, 0) is 4.79 Å². The van der Waals surface area contributed by atoms with E-state index < -0.39 is 11.9 Å². The molecule has 0 fully saturated rings. The fourth-order valence-corrected chi connectivity index (χ4v) is 4.40. The third-order valence-corrected chi connectivity index (χ3v) is 5.68. The Morgan fingerprint density at radius 1 is 1.12 bits per heavy atom. The lowest BCUT2D eigenvalue weighted by molar-refractivity contribution is -0.139. The van der Waals surface area contributed by atoms with Crippen LogP contribution in [0, 0.1) is 5.92 Å². The van der Waals surface area contributed by atoms with Crippen LogP contribution >= 0.6 is 11.8 Å². The normalized spacial score (nSPS) is 16.3. The van der Waals surface area contributed by atoms with Gasteiger partial charge in [-0.15, -0.1) is 11.8 Å². The molecule has 0 heterocycles. The van der Waals surface area contributed by atoms with Crippen molar-refractivity contribution in [2.24, 2.45) is 5.92 Å². The maximum Gasteiger partial charge on any atom is 0.310 e. The molecule has 3 nitrogen and oxygen atoms in total. The van der Waals surface area contributed by atoms with Crippen molar-refractivity contribution in [3.63, 3.8) is 0 Å². The lowest BCUT2D eigenvalue weighted by atomic mass is 9.93. The minimum absolute atomic E-state index is 0.586. The van der Waals surface area contributed by atoms with Gasteiger partial charge in [-0.25, -0.2) is 0 Å². The van der Waals surface area contributed by atoms with Gasteiger partial charge in [0.15, 0.2) is 0 Å². The zero-order chi connectivity index (χ0) is 18.8. The Morgan fingerprint density at radius 2 is 1.81 bits per heavy atom.